The summed E-state index contributed by atoms with van der Waals surface area (Å²) in [5, 5.41) is 2.90. The van der Waals surface area contributed by atoms with E-state index in [2.05, 4.69) is 34.8 Å². The van der Waals surface area contributed by atoms with Crippen LogP contribution >= 0.6 is 0 Å². The Bertz CT molecular complexity index is 1330. The summed E-state index contributed by atoms with van der Waals surface area (Å²) in [7, 11) is 3.85. The molecule has 2 aliphatic rings. The number of ether oxygens (including phenoxy) is 1. The number of rotatable bonds is 5. The number of hydrogen-bond acceptors (Lipinski definition) is 7. The van der Waals surface area contributed by atoms with E-state index in [1.54, 1.807) is 30.5 Å². The highest BCUT2D eigenvalue weighted by Gasteiger charge is 2.32. The Kier molecular flexibility index (Phi) is 6.12. The summed E-state index contributed by atoms with van der Waals surface area (Å²) in [6.45, 7) is 3.20. The van der Waals surface area contributed by atoms with Crippen LogP contribution in [-0.2, 0) is 13.5 Å². The highest BCUT2D eigenvalue weighted by Crippen LogP contribution is 2.36. The lowest BCUT2D eigenvalue weighted by Gasteiger charge is -2.34. The maximum Gasteiger partial charge on any atom is 0.573 e. The third-order valence-corrected chi connectivity index (χ3v) is 6.30. The normalized spacial score (nSPS) is 16.2. The molecule has 3 aromatic rings. The molecule has 4 heterocycles. The van der Waals surface area contributed by atoms with E-state index in [1.807, 2.05) is 18.7 Å². The number of alkyl halides is 3. The third-order valence-electron chi connectivity index (χ3n) is 6.30. The van der Waals surface area contributed by atoms with Crippen LogP contribution in [0.4, 0.5) is 30.5 Å². The molecule has 0 bridgehead atoms. The van der Waals surface area contributed by atoms with Gasteiger partial charge in [0.2, 0.25) is 5.95 Å². The molecule has 9 nitrogen and oxygen atoms in total. The van der Waals surface area contributed by atoms with E-state index in [4.69, 9.17) is 0 Å². The molecule has 0 atom stereocenters. The number of likely N-dealkylation sites (N-methyl/N-ethyl adjacent to an activating group) is 1. The van der Waals surface area contributed by atoms with E-state index >= 15 is 0 Å². The molecule has 1 saturated heterocycles. The van der Waals surface area contributed by atoms with Crippen LogP contribution in [0.5, 0.6) is 5.75 Å². The number of carbonyl (C=O) groups excluding carboxylic acids is 1. The fraction of sp³-hybridized carbons (Fsp3) is 0.333. The number of nitrogens with one attached hydrogen (secondary N) is 1. The second-order valence-electron chi connectivity index (χ2n) is 8.68. The molecule has 188 valence electrons. The van der Waals surface area contributed by atoms with Gasteiger partial charge in [-0.2, -0.15) is 0 Å². The van der Waals surface area contributed by atoms with Crippen LogP contribution in [0.3, 0.4) is 0 Å². The molecule has 36 heavy (non-hydrogen) atoms. The Labute approximate surface area is 205 Å². The number of anilines is 3. The zero-order chi connectivity index (χ0) is 25.4. The fourth-order valence-electron chi connectivity index (χ4n) is 4.38. The van der Waals surface area contributed by atoms with Crippen LogP contribution in [0.25, 0.3) is 11.4 Å². The number of piperazine rings is 1. The molecule has 2 aliphatic heterocycles. The van der Waals surface area contributed by atoms with Gasteiger partial charge in [-0.1, -0.05) is 0 Å². The summed E-state index contributed by atoms with van der Waals surface area (Å²) in [6.07, 6.45) is -1.27. The summed E-state index contributed by atoms with van der Waals surface area (Å²) < 4.78 is 45.4. The van der Waals surface area contributed by atoms with Gasteiger partial charge in [0, 0.05) is 63.4 Å². The third kappa shape index (κ3) is 4.89. The molecule has 1 aromatic carbocycles. The van der Waals surface area contributed by atoms with Gasteiger partial charge in [0.05, 0.1) is 22.6 Å². The second-order valence-corrected chi connectivity index (χ2v) is 8.68. The second kappa shape index (κ2) is 9.26. The standard InChI is InChI=1S/C24H24F3N7O2/c1-32-9-11-34(12-10-32)15-3-4-21(36-24(25,26)27)18(13-15)31-23-29-7-5-17(30-23)20-14-16-19(33(20)2)6-8-28-22(16)35/h3-5,7-8,13-14H,6,9-12H2,1-2H3,(H,29,30,31). The zero-order valence-electron chi connectivity index (χ0n) is 19.7. The first-order chi connectivity index (χ1) is 17.2. The van der Waals surface area contributed by atoms with Crippen molar-refractivity contribution in [3.63, 3.8) is 0 Å². The van der Waals surface area contributed by atoms with Gasteiger partial charge in [-0.25, -0.2) is 15.0 Å². The smallest absolute Gasteiger partial charge is 0.404 e. The maximum atomic E-state index is 13.1. The van der Waals surface area contributed by atoms with Crippen molar-refractivity contribution < 1.29 is 22.7 Å². The van der Waals surface area contributed by atoms with Crippen LogP contribution in [-0.4, -0.2) is 71.1 Å². The maximum absolute atomic E-state index is 13.1. The Hall–Kier alpha value is -3.93. The number of aromatic nitrogens is 3. The Balaban J connectivity index is 1.47. The molecule has 1 fully saturated rings. The number of fused-ring (bicyclic) bond motifs is 1. The number of hydrogen-bond donors (Lipinski definition) is 1. The van der Waals surface area contributed by atoms with Crippen LogP contribution in [0.15, 0.2) is 41.5 Å². The average Bonchev–Trinajstić information content (AvgIpc) is 3.18. The topological polar surface area (TPSA) is 87.9 Å². The monoisotopic (exact) mass is 499 g/mol. The fourth-order valence-corrected chi connectivity index (χ4v) is 4.38. The minimum atomic E-state index is -4.86. The van der Waals surface area contributed by atoms with E-state index < -0.39 is 6.36 Å². The number of aliphatic imine (C=N–C) groups is 1. The summed E-state index contributed by atoms with van der Waals surface area (Å²) in [5.41, 5.74) is 3.36. The van der Waals surface area contributed by atoms with E-state index in [0.717, 1.165) is 37.6 Å². The molecule has 0 saturated carbocycles. The van der Waals surface area contributed by atoms with Crippen LogP contribution in [0.1, 0.15) is 16.1 Å². The van der Waals surface area contributed by atoms with Gasteiger partial charge in [-0.3, -0.25) is 4.79 Å². The first kappa shape index (κ1) is 23.8. The highest BCUT2D eigenvalue weighted by molar-refractivity contribution is 6.04. The predicted octanol–water partition coefficient (Wildman–Crippen LogP) is 3.64. The number of amides is 1. The molecule has 0 spiro atoms. The van der Waals surface area contributed by atoms with Crippen molar-refractivity contribution >= 4 is 29.4 Å². The Morgan fingerprint density at radius 2 is 1.83 bits per heavy atom. The zero-order valence-corrected chi connectivity index (χ0v) is 19.7. The summed E-state index contributed by atoms with van der Waals surface area (Å²) in [4.78, 5) is 29.0. The number of nitrogens with zero attached hydrogens (tertiary/aromatic N) is 6. The van der Waals surface area contributed by atoms with Gasteiger partial charge in [0.15, 0.2) is 5.75 Å². The predicted molar refractivity (Wildman–Crippen MR) is 129 cm³/mol. The van der Waals surface area contributed by atoms with Crippen molar-refractivity contribution in [2.75, 3.05) is 43.4 Å². The molecular formula is C24H24F3N7O2. The van der Waals surface area contributed by atoms with Crippen LogP contribution in [0.2, 0.25) is 0 Å². The lowest BCUT2D eigenvalue weighted by molar-refractivity contribution is -0.274. The molecule has 0 unspecified atom stereocenters. The van der Waals surface area contributed by atoms with Crippen molar-refractivity contribution in [3.05, 3.63) is 47.8 Å². The van der Waals surface area contributed by atoms with Crippen LogP contribution < -0.4 is 15.0 Å². The van der Waals surface area contributed by atoms with E-state index in [-0.39, 0.29) is 23.3 Å². The summed E-state index contributed by atoms with van der Waals surface area (Å²) >= 11 is 0. The SMILES string of the molecule is CN1CCN(c2ccc(OC(F)(F)F)c(Nc3nccc(-c4cc5c(n4C)CC=NC5=O)n3)c2)CC1. The van der Waals surface area contributed by atoms with Crippen molar-refractivity contribution in [1.82, 2.24) is 19.4 Å². The molecular weight excluding hydrogens is 475 g/mol. The summed E-state index contributed by atoms with van der Waals surface area (Å²) in [5.74, 6) is -0.608. The number of carbonyl (C=O) groups is 1. The largest absolute Gasteiger partial charge is 0.573 e. The molecule has 0 radical (unpaired) electrons. The summed E-state index contributed by atoms with van der Waals surface area (Å²) in [6, 6.07) is 7.91. The molecule has 0 aliphatic carbocycles. The molecule has 1 amide bonds. The molecule has 2 aromatic heterocycles. The lowest BCUT2D eigenvalue weighted by atomic mass is 10.1. The number of benzene rings is 1. The van der Waals surface area contributed by atoms with Crippen molar-refractivity contribution in [3.8, 4) is 17.1 Å². The van der Waals surface area contributed by atoms with Crippen molar-refractivity contribution in [2.45, 2.75) is 12.8 Å². The van der Waals surface area contributed by atoms with Gasteiger partial charge in [-0.05, 0) is 37.4 Å². The van der Waals surface area contributed by atoms with E-state index in [1.165, 1.54) is 12.3 Å². The molecule has 1 N–H and O–H groups in total. The van der Waals surface area contributed by atoms with Gasteiger partial charge in [-0.15, -0.1) is 13.2 Å². The highest BCUT2D eigenvalue weighted by atomic mass is 19.4. The Morgan fingerprint density at radius 3 is 2.56 bits per heavy atom. The Morgan fingerprint density at radius 1 is 1.06 bits per heavy atom. The minimum Gasteiger partial charge on any atom is -0.404 e. The molecule has 5 rings (SSSR count). The van der Waals surface area contributed by atoms with Gasteiger partial charge in [0.25, 0.3) is 5.91 Å². The first-order valence-corrected chi connectivity index (χ1v) is 11.4. The van der Waals surface area contributed by atoms with E-state index in [0.29, 0.717) is 23.4 Å². The minimum absolute atomic E-state index is 0.0932. The first-order valence-electron chi connectivity index (χ1n) is 11.4. The van der Waals surface area contributed by atoms with Gasteiger partial charge >= 0.3 is 6.36 Å². The average molecular weight is 499 g/mol. The lowest BCUT2D eigenvalue weighted by Crippen LogP contribution is -2.44. The quantitative estimate of drug-likeness (QED) is 0.574. The van der Waals surface area contributed by atoms with Crippen molar-refractivity contribution in [2.24, 2.45) is 12.0 Å². The van der Waals surface area contributed by atoms with Crippen molar-refractivity contribution in [1.29, 1.82) is 0 Å². The van der Waals surface area contributed by atoms with Gasteiger partial charge < -0.3 is 24.4 Å². The van der Waals surface area contributed by atoms with Gasteiger partial charge in [0.1, 0.15) is 0 Å². The number of halogens is 3. The van der Waals surface area contributed by atoms with Crippen LogP contribution in [0, 0.1) is 0 Å². The van der Waals surface area contributed by atoms with E-state index in [9.17, 15) is 18.0 Å². The molecule has 12 heteroatoms.